The SMILES string of the molecule is COc1ccc(C2c3ccc4ccccc4c3Oc3nc(=S)[nH]c(N)c32)cc1. The molecule has 1 aromatic heterocycles. The number of aromatic nitrogens is 2. The molecule has 0 amide bonds. The third-order valence-corrected chi connectivity index (χ3v) is 5.32. The Bertz CT molecular complexity index is 1270. The summed E-state index contributed by atoms with van der Waals surface area (Å²) in [6, 6.07) is 20.3. The summed E-state index contributed by atoms with van der Waals surface area (Å²) in [5.74, 6) is 2.38. The van der Waals surface area contributed by atoms with E-state index >= 15 is 0 Å². The van der Waals surface area contributed by atoms with Gasteiger partial charge in [-0.15, -0.1) is 0 Å². The number of hydrogen-bond acceptors (Lipinski definition) is 5. The number of hydrogen-bond donors (Lipinski definition) is 2. The van der Waals surface area contributed by atoms with Gasteiger partial charge >= 0.3 is 0 Å². The Balaban J connectivity index is 1.82. The molecule has 3 N–H and O–H groups in total. The molecule has 1 aliphatic heterocycles. The zero-order valence-electron chi connectivity index (χ0n) is 15.1. The maximum Gasteiger partial charge on any atom is 0.229 e. The quantitative estimate of drug-likeness (QED) is 0.409. The van der Waals surface area contributed by atoms with E-state index in [0.29, 0.717) is 16.5 Å². The summed E-state index contributed by atoms with van der Waals surface area (Å²) in [4.78, 5) is 7.39. The van der Waals surface area contributed by atoms with E-state index in [1.165, 1.54) is 0 Å². The average Bonchev–Trinajstić information content (AvgIpc) is 2.72. The van der Waals surface area contributed by atoms with Crippen LogP contribution >= 0.6 is 12.2 Å². The van der Waals surface area contributed by atoms with Crippen LogP contribution in [0.5, 0.6) is 17.4 Å². The van der Waals surface area contributed by atoms with Crippen LogP contribution in [0.1, 0.15) is 22.6 Å². The maximum atomic E-state index is 6.33. The smallest absolute Gasteiger partial charge is 0.229 e. The van der Waals surface area contributed by atoms with E-state index < -0.39 is 0 Å². The van der Waals surface area contributed by atoms with Crippen LogP contribution in [0.25, 0.3) is 10.8 Å². The molecule has 0 fully saturated rings. The molecule has 2 heterocycles. The molecule has 28 heavy (non-hydrogen) atoms. The number of nitrogens with zero attached hydrogens (tertiary/aromatic N) is 1. The summed E-state index contributed by atoms with van der Waals surface area (Å²) < 4.78 is 11.9. The van der Waals surface area contributed by atoms with Crippen LogP contribution in [0.3, 0.4) is 0 Å². The molecule has 5 nitrogen and oxygen atoms in total. The molecule has 6 heteroatoms. The first-order valence-electron chi connectivity index (χ1n) is 8.89. The molecule has 138 valence electrons. The number of nitrogen functional groups attached to an aromatic ring is 1. The number of aromatic amines is 1. The van der Waals surface area contributed by atoms with Crippen molar-refractivity contribution in [1.82, 2.24) is 9.97 Å². The monoisotopic (exact) mass is 387 g/mol. The van der Waals surface area contributed by atoms with Gasteiger partial charge in [0.05, 0.1) is 12.7 Å². The van der Waals surface area contributed by atoms with Crippen molar-refractivity contribution in [3.05, 3.63) is 82.1 Å². The van der Waals surface area contributed by atoms with E-state index in [-0.39, 0.29) is 5.92 Å². The minimum Gasteiger partial charge on any atom is -0.497 e. The van der Waals surface area contributed by atoms with Crippen LogP contribution in [0.15, 0.2) is 60.7 Å². The van der Waals surface area contributed by atoms with Crippen LogP contribution in [-0.4, -0.2) is 17.1 Å². The topological polar surface area (TPSA) is 73.2 Å². The predicted octanol–water partition coefficient (Wildman–Crippen LogP) is 5.17. The maximum absolute atomic E-state index is 6.33. The second-order valence-electron chi connectivity index (χ2n) is 6.69. The lowest BCUT2D eigenvalue weighted by Gasteiger charge is -2.29. The summed E-state index contributed by atoms with van der Waals surface area (Å²) in [7, 11) is 1.65. The molecule has 0 radical (unpaired) electrons. The van der Waals surface area contributed by atoms with Gasteiger partial charge in [-0.05, 0) is 35.3 Å². The first-order valence-corrected chi connectivity index (χ1v) is 9.29. The van der Waals surface area contributed by atoms with Crippen LogP contribution in [0.4, 0.5) is 5.82 Å². The fraction of sp³-hybridized carbons (Fsp3) is 0.0909. The van der Waals surface area contributed by atoms with E-state index in [4.69, 9.17) is 27.4 Å². The van der Waals surface area contributed by atoms with Crippen LogP contribution in [0.2, 0.25) is 0 Å². The number of fused-ring (bicyclic) bond motifs is 4. The van der Waals surface area contributed by atoms with Gasteiger partial charge in [-0.2, -0.15) is 4.98 Å². The Morgan fingerprint density at radius 3 is 2.64 bits per heavy atom. The molecular formula is C22H17N3O2S. The predicted molar refractivity (Wildman–Crippen MR) is 112 cm³/mol. The third kappa shape index (κ3) is 2.53. The molecule has 1 unspecified atom stereocenters. The van der Waals surface area contributed by atoms with E-state index in [0.717, 1.165) is 39.0 Å². The van der Waals surface area contributed by atoms with Crippen LogP contribution in [-0.2, 0) is 0 Å². The largest absolute Gasteiger partial charge is 0.497 e. The highest BCUT2D eigenvalue weighted by Crippen LogP contribution is 2.50. The van der Waals surface area contributed by atoms with Gasteiger partial charge in [0, 0.05) is 16.9 Å². The zero-order chi connectivity index (χ0) is 19.3. The van der Waals surface area contributed by atoms with Gasteiger partial charge in [0.2, 0.25) is 10.7 Å². The fourth-order valence-electron chi connectivity index (χ4n) is 3.83. The van der Waals surface area contributed by atoms with Crippen molar-refractivity contribution in [3.8, 4) is 17.4 Å². The fourth-order valence-corrected chi connectivity index (χ4v) is 4.02. The average molecular weight is 387 g/mol. The van der Waals surface area contributed by atoms with Crippen LogP contribution < -0.4 is 15.2 Å². The molecule has 0 saturated heterocycles. The first kappa shape index (κ1) is 16.8. The molecule has 3 aromatic carbocycles. The molecule has 1 atom stereocenters. The number of methoxy groups -OCH3 is 1. The van der Waals surface area contributed by atoms with E-state index in [2.05, 4.69) is 34.2 Å². The Kier molecular flexibility index (Phi) is 3.80. The minimum atomic E-state index is -0.131. The summed E-state index contributed by atoms with van der Waals surface area (Å²) in [5, 5.41) is 2.13. The van der Waals surface area contributed by atoms with E-state index in [1.54, 1.807) is 7.11 Å². The Labute approximate surface area is 166 Å². The highest BCUT2D eigenvalue weighted by molar-refractivity contribution is 7.71. The molecule has 1 aliphatic rings. The number of H-pyrrole nitrogens is 1. The number of ether oxygens (including phenoxy) is 2. The molecule has 0 spiro atoms. The summed E-state index contributed by atoms with van der Waals surface area (Å²) in [6.07, 6.45) is 0. The van der Waals surface area contributed by atoms with Gasteiger partial charge in [0.25, 0.3) is 0 Å². The number of benzene rings is 3. The zero-order valence-corrected chi connectivity index (χ0v) is 15.9. The van der Waals surface area contributed by atoms with Gasteiger partial charge in [-0.1, -0.05) is 48.5 Å². The van der Waals surface area contributed by atoms with Crippen molar-refractivity contribution < 1.29 is 9.47 Å². The number of rotatable bonds is 2. The molecule has 0 aliphatic carbocycles. The van der Waals surface area contributed by atoms with E-state index in [9.17, 15) is 0 Å². The highest BCUT2D eigenvalue weighted by Gasteiger charge is 2.33. The second kappa shape index (κ2) is 6.35. The second-order valence-corrected chi connectivity index (χ2v) is 7.07. The molecule has 4 aromatic rings. The molecule has 0 bridgehead atoms. The minimum absolute atomic E-state index is 0.131. The third-order valence-electron chi connectivity index (χ3n) is 5.12. The van der Waals surface area contributed by atoms with Crippen molar-refractivity contribution in [2.24, 2.45) is 0 Å². The highest BCUT2D eigenvalue weighted by atomic mass is 32.1. The van der Waals surface area contributed by atoms with Crippen molar-refractivity contribution in [3.63, 3.8) is 0 Å². The Morgan fingerprint density at radius 1 is 1.07 bits per heavy atom. The molecular weight excluding hydrogens is 370 g/mol. The van der Waals surface area contributed by atoms with Crippen LogP contribution in [0, 0.1) is 4.77 Å². The van der Waals surface area contributed by atoms with Gasteiger partial charge in [-0.25, -0.2) is 0 Å². The summed E-state index contributed by atoms with van der Waals surface area (Å²) in [6.45, 7) is 0. The van der Waals surface area contributed by atoms with Crippen molar-refractivity contribution in [2.75, 3.05) is 12.8 Å². The Morgan fingerprint density at radius 2 is 1.86 bits per heavy atom. The first-order chi connectivity index (χ1) is 13.7. The lowest BCUT2D eigenvalue weighted by atomic mass is 9.82. The number of nitrogens with one attached hydrogen (secondary N) is 1. The standard InChI is InChI=1S/C22H17N3O2S/c1-26-14-9-6-13(7-10-14)17-16-11-8-12-4-2-3-5-15(12)19(16)27-21-18(17)20(23)24-22(28)25-21/h2-11,17H,1H3,(H3,23,24,25,28). The molecule has 5 rings (SSSR count). The van der Waals surface area contributed by atoms with Gasteiger partial charge in [0.1, 0.15) is 17.3 Å². The summed E-state index contributed by atoms with van der Waals surface area (Å²) in [5.41, 5.74) is 9.23. The van der Waals surface area contributed by atoms with Gasteiger partial charge < -0.3 is 20.2 Å². The normalized spacial score (nSPS) is 14.8. The van der Waals surface area contributed by atoms with E-state index in [1.807, 2.05) is 36.4 Å². The van der Waals surface area contributed by atoms with Crippen molar-refractivity contribution in [2.45, 2.75) is 5.92 Å². The van der Waals surface area contributed by atoms with Gasteiger partial charge in [0.15, 0.2) is 0 Å². The summed E-state index contributed by atoms with van der Waals surface area (Å²) >= 11 is 5.22. The number of anilines is 1. The Hall–Kier alpha value is -3.38. The van der Waals surface area contributed by atoms with Crippen molar-refractivity contribution in [1.29, 1.82) is 0 Å². The molecule has 0 saturated carbocycles. The van der Waals surface area contributed by atoms with Gasteiger partial charge in [-0.3, -0.25) is 0 Å². The lowest BCUT2D eigenvalue weighted by molar-refractivity contribution is 0.414. The number of nitrogens with two attached hydrogens (primary N) is 1. The van der Waals surface area contributed by atoms with Crippen molar-refractivity contribution >= 4 is 28.8 Å². The lowest BCUT2D eigenvalue weighted by Crippen LogP contribution is -2.16.